The number of halogens is 1. The maximum absolute atomic E-state index is 13.5. The van der Waals surface area contributed by atoms with E-state index in [0.717, 1.165) is 37.0 Å². The molecule has 180 valence electrons. The highest BCUT2D eigenvalue weighted by molar-refractivity contribution is 7.89. The van der Waals surface area contributed by atoms with Gasteiger partial charge in [-0.3, -0.25) is 14.4 Å². The quantitative estimate of drug-likeness (QED) is 0.629. The molecule has 1 saturated heterocycles. The van der Waals surface area contributed by atoms with Gasteiger partial charge in [-0.2, -0.15) is 0 Å². The van der Waals surface area contributed by atoms with Gasteiger partial charge in [0.05, 0.1) is 17.0 Å². The van der Waals surface area contributed by atoms with Gasteiger partial charge in [-0.05, 0) is 54.8 Å². The Morgan fingerprint density at radius 3 is 2.21 bits per heavy atom. The number of amides is 3. The zero-order valence-corrected chi connectivity index (χ0v) is 19.3. The van der Waals surface area contributed by atoms with Crippen molar-refractivity contribution in [2.75, 3.05) is 4.90 Å². The first-order valence-corrected chi connectivity index (χ1v) is 12.7. The Kier molecular flexibility index (Phi) is 6.81. The van der Waals surface area contributed by atoms with Crippen LogP contribution in [0.25, 0.3) is 0 Å². The van der Waals surface area contributed by atoms with E-state index >= 15 is 0 Å². The summed E-state index contributed by atoms with van der Waals surface area (Å²) in [5, 5.41) is 5.12. The number of nitrogens with two attached hydrogens (primary N) is 1. The Bertz CT molecular complexity index is 1190. The molecule has 2 aromatic carbocycles. The number of hydrogen-bond donors (Lipinski definition) is 1. The molecule has 34 heavy (non-hydrogen) atoms. The van der Waals surface area contributed by atoms with Crippen molar-refractivity contribution < 1.29 is 27.2 Å². The molecule has 2 aromatic rings. The van der Waals surface area contributed by atoms with Crippen molar-refractivity contribution in [3.8, 4) is 0 Å². The van der Waals surface area contributed by atoms with E-state index in [0.29, 0.717) is 5.56 Å². The average molecular weight is 488 g/mol. The van der Waals surface area contributed by atoms with E-state index in [9.17, 15) is 27.2 Å². The van der Waals surface area contributed by atoms with Crippen LogP contribution in [0, 0.1) is 11.7 Å². The summed E-state index contributed by atoms with van der Waals surface area (Å²) in [5.41, 5.74) is 0.860. The number of imide groups is 1. The van der Waals surface area contributed by atoms with Crippen molar-refractivity contribution in [2.24, 2.45) is 11.1 Å². The number of carbonyl (C=O) groups is 3. The van der Waals surface area contributed by atoms with Crippen molar-refractivity contribution in [1.29, 1.82) is 0 Å². The highest BCUT2D eigenvalue weighted by Crippen LogP contribution is 2.31. The van der Waals surface area contributed by atoms with E-state index in [1.165, 1.54) is 41.3 Å². The zero-order chi connectivity index (χ0) is 24.5. The van der Waals surface area contributed by atoms with Crippen molar-refractivity contribution in [2.45, 2.75) is 56.0 Å². The fourth-order valence-electron chi connectivity index (χ4n) is 4.63. The molecule has 1 aliphatic carbocycles. The van der Waals surface area contributed by atoms with Gasteiger partial charge < -0.3 is 4.90 Å². The summed E-state index contributed by atoms with van der Waals surface area (Å²) < 4.78 is 36.4. The van der Waals surface area contributed by atoms with Gasteiger partial charge in [0.1, 0.15) is 11.9 Å². The summed E-state index contributed by atoms with van der Waals surface area (Å²) in [6.07, 6.45) is 4.20. The third-order valence-electron chi connectivity index (χ3n) is 6.43. The Balaban J connectivity index is 1.62. The molecule has 1 unspecified atom stereocenters. The molecule has 10 heteroatoms. The van der Waals surface area contributed by atoms with Crippen LogP contribution in [-0.2, 0) is 31.0 Å². The van der Waals surface area contributed by atoms with Crippen LogP contribution in [0.3, 0.4) is 0 Å². The summed E-state index contributed by atoms with van der Waals surface area (Å²) in [7, 11) is -3.92. The maximum Gasteiger partial charge on any atom is 0.257 e. The number of sulfonamides is 1. The SMILES string of the molecule is NS(=O)(=O)c1ccc(N2C(=O)CC(N(Cc3ccc(F)cc3)C(=O)C3CCCCC3)C2=O)cc1. The van der Waals surface area contributed by atoms with Crippen LogP contribution >= 0.6 is 0 Å². The topological polar surface area (TPSA) is 118 Å². The summed E-state index contributed by atoms with van der Waals surface area (Å²) in [4.78, 5) is 42.0. The van der Waals surface area contributed by atoms with Crippen LogP contribution in [0.5, 0.6) is 0 Å². The molecule has 2 N–H and O–H groups in total. The van der Waals surface area contributed by atoms with Gasteiger partial charge >= 0.3 is 0 Å². The van der Waals surface area contributed by atoms with Crippen LogP contribution in [0.4, 0.5) is 10.1 Å². The smallest absolute Gasteiger partial charge is 0.257 e. The summed E-state index contributed by atoms with van der Waals surface area (Å²) in [5.74, 6) is -1.85. The second-order valence-corrected chi connectivity index (χ2v) is 10.3. The van der Waals surface area contributed by atoms with Crippen molar-refractivity contribution in [3.63, 3.8) is 0 Å². The number of rotatable bonds is 6. The number of hydrogen-bond acceptors (Lipinski definition) is 5. The van der Waals surface area contributed by atoms with E-state index in [2.05, 4.69) is 0 Å². The van der Waals surface area contributed by atoms with Gasteiger partial charge in [0.2, 0.25) is 21.8 Å². The average Bonchev–Trinajstić information content (AvgIpc) is 3.12. The third kappa shape index (κ3) is 5.02. The molecular weight excluding hydrogens is 461 g/mol. The van der Waals surface area contributed by atoms with Gasteiger partial charge in [0.15, 0.2) is 0 Å². The molecule has 1 saturated carbocycles. The number of anilines is 1. The van der Waals surface area contributed by atoms with Gasteiger partial charge in [-0.15, -0.1) is 0 Å². The second kappa shape index (κ2) is 9.63. The van der Waals surface area contributed by atoms with Crippen molar-refractivity contribution in [1.82, 2.24) is 4.90 Å². The molecule has 2 aliphatic rings. The van der Waals surface area contributed by atoms with Crippen LogP contribution in [-0.4, -0.2) is 37.1 Å². The van der Waals surface area contributed by atoms with Crippen molar-refractivity contribution in [3.05, 3.63) is 59.9 Å². The van der Waals surface area contributed by atoms with E-state index in [1.807, 2.05) is 0 Å². The van der Waals surface area contributed by atoms with Crippen LogP contribution in [0.1, 0.15) is 44.1 Å². The van der Waals surface area contributed by atoms with Crippen LogP contribution < -0.4 is 10.0 Å². The van der Waals surface area contributed by atoms with Crippen LogP contribution in [0.15, 0.2) is 53.4 Å². The van der Waals surface area contributed by atoms with Gasteiger partial charge in [-0.1, -0.05) is 31.4 Å². The zero-order valence-electron chi connectivity index (χ0n) is 18.5. The lowest BCUT2D eigenvalue weighted by Gasteiger charge is -2.32. The maximum atomic E-state index is 13.5. The molecular formula is C24H26FN3O5S. The normalized spacial score (nSPS) is 19.5. The molecule has 0 spiro atoms. The fourth-order valence-corrected chi connectivity index (χ4v) is 5.14. The Hall–Kier alpha value is -3.11. The van der Waals surface area contributed by atoms with Gasteiger partial charge in [0.25, 0.3) is 5.91 Å². The standard InChI is InChI=1S/C24H26FN3O5S/c25-18-8-6-16(7-9-18)15-27(23(30)17-4-2-1-3-5-17)21-14-22(29)28(24(21)31)19-10-12-20(13-11-19)34(26,32)33/h6-13,17,21H,1-5,14-15H2,(H2,26,32,33). The highest BCUT2D eigenvalue weighted by atomic mass is 32.2. The predicted octanol–water partition coefficient (Wildman–Crippen LogP) is 2.71. The number of primary sulfonamides is 1. The third-order valence-corrected chi connectivity index (χ3v) is 7.36. The molecule has 1 heterocycles. The second-order valence-electron chi connectivity index (χ2n) is 8.75. The molecule has 1 aliphatic heterocycles. The summed E-state index contributed by atoms with van der Waals surface area (Å²) in [6.45, 7) is 0.0808. The lowest BCUT2D eigenvalue weighted by atomic mass is 9.87. The van der Waals surface area contributed by atoms with E-state index in [4.69, 9.17) is 5.14 Å². The molecule has 4 rings (SSSR count). The van der Waals surface area contributed by atoms with E-state index in [1.54, 1.807) is 12.1 Å². The van der Waals surface area contributed by atoms with E-state index in [-0.39, 0.29) is 35.4 Å². The molecule has 3 amide bonds. The molecule has 0 radical (unpaired) electrons. The van der Waals surface area contributed by atoms with Gasteiger partial charge in [0, 0.05) is 12.5 Å². The van der Waals surface area contributed by atoms with Crippen LogP contribution in [0.2, 0.25) is 0 Å². The minimum atomic E-state index is -3.92. The number of carbonyl (C=O) groups excluding carboxylic acids is 3. The fraction of sp³-hybridized carbons (Fsp3) is 0.375. The number of benzene rings is 2. The highest BCUT2D eigenvalue weighted by Gasteiger charge is 2.45. The summed E-state index contributed by atoms with van der Waals surface area (Å²) in [6, 6.07) is 9.83. The molecule has 1 atom stereocenters. The molecule has 2 fully saturated rings. The molecule has 0 bridgehead atoms. The monoisotopic (exact) mass is 487 g/mol. The Morgan fingerprint density at radius 2 is 1.62 bits per heavy atom. The van der Waals surface area contributed by atoms with E-state index < -0.39 is 33.7 Å². The first-order chi connectivity index (χ1) is 16.1. The minimum absolute atomic E-state index is 0.0808. The minimum Gasteiger partial charge on any atom is -0.326 e. The lowest BCUT2D eigenvalue weighted by molar-refractivity contribution is -0.143. The van der Waals surface area contributed by atoms with Gasteiger partial charge in [-0.25, -0.2) is 22.8 Å². The largest absolute Gasteiger partial charge is 0.326 e. The molecule has 0 aromatic heterocycles. The summed E-state index contributed by atoms with van der Waals surface area (Å²) >= 11 is 0. The van der Waals surface area contributed by atoms with Crippen molar-refractivity contribution >= 4 is 33.4 Å². The molecule has 8 nitrogen and oxygen atoms in total. The predicted molar refractivity (Wildman–Crippen MR) is 122 cm³/mol. The Morgan fingerprint density at radius 1 is 1.00 bits per heavy atom. The first kappa shape index (κ1) is 24.0. The number of nitrogens with zero attached hydrogens (tertiary/aromatic N) is 2. The first-order valence-electron chi connectivity index (χ1n) is 11.2. The Labute approximate surface area is 197 Å². The lowest BCUT2D eigenvalue weighted by Crippen LogP contribution is -2.47.